The van der Waals surface area contributed by atoms with Gasteiger partial charge in [-0.05, 0) is 54.1 Å². The molecule has 0 aliphatic heterocycles. The second-order valence-corrected chi connectivity index (χ2v) is 7.89. The molecule has 0 spiro atoms. The van der Waals surface area contributed by atoms with E-state index in [1.54, 1.807) is 49.6 Å². The first kappa shape index (κ1) is 22.3. The van der Waals surface area contributed by atoms with E-state index in [1.165, 1.54) is 10.9 Å². The van der Waals surface area contributed by atoms with Gasteiger partial charge in [0, 0.05) is 0 Å². The van der Waals surface area contributed by atoms with Crippen LogP contribution in [0.2, 0.25) is 5.02 Å². The maximum Gasteiger partial charge on any atom is 0.282 e. The zero-order valence-corrected chi connectivity index (χ0v) is 19.3. The molecule has 5 rings (SSSR count). The van der Waals surface area contributed by atoms with Crippen LogP contribution in [0.5, 0.6) is 11.5 Å². The fraction of sp³-hybridized carbons (Fsp3) is 0.0741. The summed E-state index contributed by atoms with van der Waals surface area (Å²) in [6, 6.07) is 19.5. The van der Waals surface area contributed by atoms with Crippen molar-refractivity contribution in [3.8, 4) is 35.4 Å². The van der Waals surface area contributed by atoms with Gasteiger partial charge in [0.25, 0.3) is 5.56 Å². The van der Waals surface area contributed by atoms with E-state index in [2.05, 4.69) is 16.0 Å². The normalized spacial score (nSPS) is 11.2. The Hall–Kier alpha value is -4.54. The molecule has 172 valence electrons. The number of aromatic nitrogens is 2. The molecule has 0 amide bonds. The number of terminal acetylenes is 1. The molecule has 2 aromatic heterocycles. The Labute approximate surface area is 205 Å². The lowest BCUT2D eigenvalue weighted by atomic mass is 10.2. The van der Waals surface area contributed by atoms with E-state index in [9.17, 15) is 4.79 Å². The van der Waals surface area contributed by atoms with Crippen LogP contribution in [0.25, 0.3) is 33.5 Å². The molecular weight excluding hydrogens is 466 g/mol. The summed E-state index contributed by atoms with van der Waals surface area (Å²) in [7, 11) is 1.59. The number of ether oxygens (including phenoxy) is 2. The molecule has 0 N–H and O–H groups in total. The van der Waals surface area contributed by atoms with Crippen molar-refractivity contribution >= 4 is 39.7 Å². The highest BCUT2D eigenvalue weighted by molar-refractivity contribution is 6.32. The molecule has 0 unspecified atom stereocenters. The van der Waals surface area contributed by atoms with E-state index < -0.39 is 0 Å². The standard InChI is InChI=1S/C27H18ClN3O4/c1-3-13-34-24-12-11-17(14-20(24)28)16-29-31-26(30-21-8-5-4-7-18(21)27(31)32)25-15-19-22(33-2)9-6-10-23(19)35-25/h1,4-12,14-16H,13H2,2H3. The molecule has 0 saturated carbocycles. The van der Waals surface area contributed by atoms with E-state index in [4.69, 9.17) is 31.9 Å². The van der Waals surface area contributed by atoms with Crippen LogP contribution in [0.15, 0.2) is 81.0 Å². The van der Waals surface area contributed by atoms with Crippen molar-refractivity contribution in [1.29, 1.82) is 0 Å². The summed E-state index contributed by atoms with van der Waals surface area (Å²) >= 11 is 6.29. The molecule has 8 heteroatoms. The second-order valence-electron chi connectivity index (χ2n) is 7.48. The van der Waals surface area contributed by atoms with Crippen LogP contribution < -0.4 is 15.0 Å². The maximum absolute atomic E-state index is 13.4. The summed E-state index contributed by atoms with van der Waals surface area (Å²) in [4.78, 5) is 18.1. The highest BCUT2D eigenvalue weighted by atomic mass is 35.5. The minimum Gasteiger partial charge on any atom is -0.496 e. The molecule has 0 aliphatic rings. The van der Waals surface area contributed by atoms with E-state index in [0.29, 0.717) is 44.3 Å². The average Bonchev–Trinajstić information content (AvgIpc) is 3.32. The van der Waals surface area contributed by atoms with Crippen LogP contribution in [0.4, 0.5) is 0 Å². The lowest BCUT2D eigenvalue weighted by molar-refractivity contribution is 0.370. The topological polar surface area (TPSA) is 78.8 Å². The van der Waals surface area contributed by atoms with Gasteiger partial charge in [0.15, 0.2) is 5.76 Å². The maximum atomic E-state index is 13.4. The number of halogens is 1. The Morgan fingerprint density at radius 1 is 1.11 bits per heavy atom. The lowest BCUT2D eigenvalue weighted by Gasteiger charge is -2.08. The number of fused-ring (bicyclic) bond motifs is 2. The minimum absolute atomic E-state index is 0.108. The molecular formula is C27H18ClN3O4. The molecule has 0 saturated heterocycles. The van der Waals surface area contributed by atoms with Gasteiger partial charge >= 0.3 is 0 Å². The monoisotopic (exact) mass is 483 g/mol. The number of furan rings is 1. The van der Waals surface area contributed by atoms with Crippen molar-refractivity contribution in [2.45, 2.75) is 0 Å². The summed E-state index contributed by atoms with van der Waals surface area (Å²) in [6.45, 7) is 0.108. The van der Waals surface area contributed by atoms with Crippen LogP contribution in [0, 0.1) is 12.3 Å². The largest absolute Gasteiger partial charge is 0.496 e. The van der Waals surface area contributed by atoms with E-state index in [1.807, 2.05) is 24.3 Å². The van der Waals surface area contributed by atoms with Crippen molar-refractivity contribution < 1.29 is 13.9 Å². The molecule has 0 atom stereocenters. The molecule has 0 aliphatic carbocycles. The second kappa shape index (κ2) is 9.37. The van der Waals surface area contributed by atoms with Crippen molar-refractivity contribution in [3.63, 3.8) is 0 Å². The van der Waals surface area contributed by atoms with Crippen LogP contribution in [0.1, 0.15) is 5.56 Å². The van der Waals surface area contributed by atoms with Gasteiger partial charge in [-0.15, -0.1) is 6.42 Å². The molecule has 3 aromatic carbocycles. The predicted octanol–water partition coefficient (Wildman–Crippen LogP) is 5.37. The van der Waals surface area contributed by atoms with Gasteiger partial charge in [0.05, 0.1) is 34.6 Å². The molecule has 0 radical (unpaired) electrons. The van der Waals surface area contributed by atoms with Crippen molar-refractivity contribution in [3.05, 3.63) is 87.7 Å². The number of hydrogen-bond acceptors (Lipinski definition) is 6. The fourth-order valence-corrected chi connectivity index (χ4v) is 3.91. The van der Waals surface area contributed by atoms with Gasteiger partial charge in [0.1, 0.15) is 23.7 Å². The third-order valence-corrected chi connectivity index (χ3v) is 5.60. The number of benzene rings is 3. The quantitative estimate of drug-likeness (QED) is 0.240. The Kier molecular flexibility index (Phi) is 5.96. The first-order chi connectivity index (χ1) is 17.1. The molecule has 5 aromatic rings. The summed E-state index contributed by atoms with van der Waals surface area (Å²) in [6.07, 6.45) is 6.75. The summed E-state index contributed by atoms with van der Waals surface area (Å²) in [5.74, 6) is 4.14. The smallest absolute Gasteiger partial charge is 0.282 e. The summed E-state index contributed by atoms with van der Waals surface area (Å²) in [5.41, 5.74) is 1.45. The van der Waals surface area contributed by atoms with Crippen LogP contribution >= 0.6 is 11.6 Å². The van der Waals surface area contributed by atoms with Crippen LogP contribution in [0.3, 0.4) is 0 Å². The minimum atomic E-state index is -0.339. The first-order valence-corrected chi connectivity index (χ1v) is 11.0. The Bertz CT molecular complexity index is 1700. The third-order valence-electron chi connectivity index (χ3n) is 5.30. The molecule has 2 heterocycles. The van der Waals surface area contributed by atoms with Gasteiger partial charge in [-0.2, -0.15) is 9.78 Å². The van der Waals surface area contributed by atoms with E-state index in [-0.39, 0.29) is 18.0 Å². The number of para-hydroxylation sites is 1. The van der Waals surface area contributed by atoms with E-state index in [0.717, 1.165) is 5.39 Å². The van der Waals surface area contributed by atoms with Crippen LogP contribution in [-0.2, 0) is 0 Å². The van der Waals surface area contributed by atoms with Crippen molar-refractivity contribution in [2.24, 2.45) is 5.10 Å². The highest BCUT2D eigenvalue weighted by Crippen LogP contribution is 2.33. The average molecular weight is 484 g/mol. The first-order valence-electron chi connectivity index (χ1n) is 10.6. The number of methoxy groups -OCH3 is 1. The molecule has 0 bridgehead atoms. The Morgan fingerprint density at radius 2 is 1.97 bits per heavy atom. The van der Waals surface area contributed by atoms with Gasteiger partial charge in [-0.3, -0.25) is 4.79 Å². The number of nitrogens with zero attached hydrogens (tertiary/aromatic N) is 3. The Balaban J connectivity index is 1.65. The fourth-order valence-electron chi connectivity index (χ4n) is 3.67. The van der Waals surface area contributed by atoms with Gasteiger partial charge in [-0.1, -0.05) is 35.7 Å². The Morgan fingerprint density at radius 3 is 2.77 bits per heavy atom. The van der Waals surface area contributed by atoms with Gasteiger partial charge in [0.2, 0.25) is 5.82 Å². The third kappa shape index (κ3) is 4.23. The summed E-state index contributed by atoms with van der Waals surface area (Å²) in [5, 5.41) is 6.00. The molecule has 35 heavy (non-hydrogen) atoms. The summed E-state index contributed by atoms with van der Waals surface area (Å²) < 4.78 is 18.1. The lowest BCUT2D eigenvalue weighted by Crippen LogP contribution is -2.20. The zero-order valence-electron chi connectivity index (χ0n) is 18.6. The number of rotatable bonds is 6. The van der Waals surface area contributed by atoms with Gasteiger partial charge < -0.3 is 13.9 Å². The SMILES string of the molecule is C#CCOc1ccc(C=Nn2c(-c3cc4c(OC)cccc4o3)nc3ccccc3c2=O)cc1Cl. The van der Waals surface area contributed by atoms with Crippen LogP contribution in [-0.4, -0.2) is 29.6 Å². The highest BCUT2D eigenvalue weighted by Gasteiger charge is 2.17. The molecule has 0 fully saturated rings. The zero-order chi connectivity index (χ0) is 24.4. The predicted molar refractivity (Wildman–Crippen MR) is 137 cm³/mol. The number of hydrogen-bond donors (Lipinski definition) is 0. The van der Waals surface area contributed by atoms with E-state index >= 15 is 0 Å². The van der Waals surface area contributed by atoms with Crippen molar-refractivity contribution in [2.75, 3.05) is 13.7 Å². The molecule has 7 nitrogen and oxygen atoms in total. The van der Waals surface area contributed by atoms with Gasteiger partial charge in [-0.25, -0.2) is 4.98 Å². The van der Waals surface area contributed by atoms with Crippen molar-refractivity contribution in [1.82, 2.24) is 9.66 Å².